The van der Waals surface area contributed by atoms with E-state index >= 15 is 0 Å². The average molecular weight is 233 g/mol. The summed E-state index contributed by atoms with van der Waals surface area (Å²) in [6.45, 7) is 2.05. The SMILES string of the molecule is NNC1=NC2=NC=NC2C(N2CCCCC2)=N1. The maximum Gasteiger partial charge on any atom is 0.240 e. The van der Waals surface area contributed by atoms with Crippen LogP contribution in [0, 0.1) is 0 Å². The van der Waals surface area contributed by atoms with E-state index < -0.39 is 0 Å². The molecular formula is C10H15N7. The van der Waals surface area contributed by atoms with Gasteiger partial charge in [-0.15, -0.1) is 0 Å². The topological polar surface area (TPSA) is 90.7 Å². The number of nitrogens with one attached hydrogen (secondary N) is 1. The van der Waals surface area contributed by atoms with Crippen molar-refractivity contribution in [2.24, 2.45) is 25.8 Å². The summed E-state index contributed by atoms with van der Waals surface area (Å²) in [5.41, 5.74) is 2.49. The van der Waals surface area contributed by atoms with Crippen LogP contribution >= 0.6 is 0 Å². The normalized spacial score (nSPS) is 27.2. The highest BCUT2D eigenvalue weighted by molar-refractivity contribution is 6.22. The molecule has 0 saturated carbocycles. The van der Waals surface area contributed by atoms with Crippen molar-refractivity contribution in [2.75, 3.05) is 13.1 Å². The standard InChI is InChI=1S/C10H15N7/c11-16-10-14-8-7(12-6-13-8)9(15-10)17-4-2-1-3-5-17/h6-7H,1-5,11H2,(H,12,13,14,16). The number of likely N-dealkylation sites (tertiary alicyclic amines) is 1. The number of amidine groups is 2. The minimum absolute atomic E-state index is 0.134. The monoisotopic (exact) mass is 233 g/mol. The van der Waals surface area contributed by atoms with Crippen molar-refractivity contribution in [3.63, 3.8) is 0 Å². The lowest BCUT2D eigenvalue weighted by Gasteiger charge is -2.32. The third kappa shape index (κ3) is 1.82. The molecule has 1 atom stereocenters. The summed E-state index contributed by atoms with van der Waals surface area (Å²) >= 11 is 0. The van der Waals surface area contributed by atoms with Crippen LogP contribution in [0.4, 0.5) is 0 Å². The minimum Gasteiger partial charge on any atom is -0.358 e. The molecule has 3 N–H and O–H groups in total. The van der Waals surface area contributed by atoms with Gasteiger partial charge < -0.3 is 4.90 Å². The Balaban J connectivity index is 1.90. The van der Waals surface area contributed by atoms with Gasteiger partial charge in [-0.25, -0.2) is 10.8 Å². The fourth-order valence-electron chi connectivity index (χ4n) is 2.30. The molecule has 7 heteroatoms. The van der Waals surface area contributed by atoms with E-state index in [0.717, 1.165) is 18.9 Å². The Labute approximate surface area is 99.2 Å². The number of fused-ring (bicyclic) bond motifs is 1. The molecule has 0 radical (unpaired) electrons. The predicted molar refractivity (Wildman–Crippen MR) is 67.3 cm³/mol. The molecule has 0 amide bonds. The van der Waals surface area contributed by atoms with E-state index in [2.05, 4.69) is 30.3 Å². The maximum absolute atomic E-state index is 5.38. The second-order valence-electron chi connectivity index (χ2n) is 4.25. The number of nitrogens with two attached hydrogens (primary N) is 1. The van der Waals surface area contributed by atoms with Crippen LogP contribution in [0.25, 0.3) is 0 Å². The van der Waals surface area contributed by atoms with Gasteiger partial charge in [-0.3, -0.25) is 10.4 Å². The molecule has 3 rings (SSSR count). The summed E-state index contributed by atoms with van der Waals surface area (Å²) in [5, 5.41) is 0. The average Bonchev–Trinajstić information content (AvgIpc) is 2.86. The van der Waals surface area contributed by atoms with Crippen molar-refractivity contribution in [2.45, 2.75) is 25.3 Å². The van der Waals surface area contributed by atoms with Gasteiger partial charge in [0.1, 0.15) is 12.2 Å². The van der Waals surface area contributed by atoms with Crippen LogP contribution in [0.1, 0.15) is 19.3 Å². The Morgan fingerprint density at radius 3 is 2.82 bits per heavy atom. The van der Waals surface area contributed by atoms with Crippen LogP contribution in [0.5, 0.6) is 0 Å². The van der Waals surface area contributed by atoms with Gasteiger partial charge in [0.05, 0.1) is 0 Å². The van der Waals surface area contributed by atoms with Crippen molar-refractivity contribution in [1.82, 2.24) is 10.3 Å². The summed E-state index contributed by atoms with van der Waals surface area (Å²) in [6.07, 6.45) is 5.23. The summed E-state index contributed by atoms with van der Waals surface area (Å²) in [4.78, 5) is 19.3. The second-order valence-corrected chi connectivity index (χ2v) is 4.25. The molecule has 1 unspecified atom stereocenters. The Bertz CT molecular complexity index is 428. The van der Waals surface area contributed by atoms with Crippen molar-refractivity contribution >= 4 is 24.0 Å². The summed E-state index contributed by atoms with van der Waals surface area (Å²) in [5.74, 6) is 7.38. The minimum atomic E-state index is -0.134. The number of nitrogens with zero attached hydrogens (tertiary/aromatic N) is 5. The predicted octanol–water partition coefficient (Wildman–Crippen LogP) is -0.487. The van der Waals surface area contributed by atoms with Gasteiger partial charge in [-0.2, -0.15) is 9.98 Å². The van der Waals surface area contributed by atoms with Crippen LogP contribution in [0.15, 0.2) is 20.0 Å². The molecule has 90 valence electrons. The Morgan fingerprint density at radius 1 is 1.24 bits per heavy atom. The number of rotatable bonds is 0. The summed E-state index contributed by atoms with van der Waals surface area (Å²) in [6, 6.07) is -0.134. The maximum atomic E-state index is 5.38. The molecule has 1 saturated heterocycles. The highest BCUT2D eigenvalue weighted by Gasteiger charge is 2.32. The molecule has 3 aliphatic rings. The Hall–Kier alpha value is -1.76. The van der Waals surface area contributed by atoms with Crippen molar-refractivity contribution in [3.05, 3.63) is 0 Å². The highest BCUT2D eigenvalue weighted by Crippen LogP contribution is 2.17. The molecule has 0 aliphatic carbocycles. The fourth-order valence-corrected chi connectivity index (χ4v) is 2.30. The van der Waals surface area contributed by atoms with Gasteiger partial charge in [0.25, 0.3) is 0 Å². The molecule has 3 heterocycles. The third-order valence-corrected chi connectivity index (χ3v) is 3.14. The number of hydrazine groups is 1. The van der Waals surface area contributed by atoms with Crippen LogP contribution in [-0.4, -0.2) is 48.0 Å². The lowest BCUT2D eigenvalue weighted by atomic mass is 10.1. The molecule has 0 aromatic carbocycles. The van der Waals surface area contributed by atoms with Crippen molar-refractivity contribution < 1.29 is 0 Å². The fraction of sp³-hybridized carbons (Fsp3) is 0.600. The van der Waals surface area contributed by atoms with Crippen molar-refractivity contribution in [3.8, 4) is 0 Å². The molecule has 0 aromatic rings. The first-order valence-electron chi connectivity index (χ1n) is 5.86. The zero-order valence-electron chi connectivity index (χ0n) is 9.50. The number of aliphatic imine (C=N–C) groups is 4. The van der Waals surface area contributed by atoms with E-state index in [4.69, 9.17) is 5.84 Å². The summed E-state index contributed by atoms with van der Waals surface area (Å²) < 4.78 is 0. The number of hydrogen-bond acceptors (Lipinski definition) is 7. The smallest absolute Gasteiger partial charge is 0.240 e. The van der Waals surface area contributed by atoms with E-state index in [9.17, 15) is 0 Å². The number of piperidine rings is 1. The molecule has 3 aliphatic heterocycles. The lowest BCUT2D eigenvalue weighted by molar-refractivity contribution is 0.336. The molecule has 1 fully saturated rings. The molecular weight excluding hydrogens is 218 g/mol. The van der Waals surface area contributed by atoms with Crippen LogP contribution in [-0.2, 0) is 0 Å². The molecule has 0 bridgehead atoms. The highest BCUT2D eigenvalue weighted by atomic mass is 15.4. The van der Waals surface area contributed by atoms with Gasteiger partial charge in [-0.1, -0.05) is 0 Å². The zero-order chi connectivity index (χ0) is 11.7. The Morgan fingerprint density at radius 2 is 2.06 bits per heavy atom. The van der Waals surface area contributed by atoms with E-state index in [1.807, 2.05) is 0 Å². The number of hydrogen-bond donors (Lipinski definition) is 2. The first kappa shape index (κ1) is 10.4. The Kier molecular flexibility index (Phi) is 2.60. The van der Waals surface area contributed by atoms with Gasteiger partial charge in [0.2, 0.25) is 5.96 Å². The molecule has 17 heavy (non-hydrogen) atoms. The van der Waals surface area contributed by atoms with Gasteiger partial charge in [0.15, 0.2) is 11.9 Å². The first-order valence-corrected chi connectivity index (χ1v) is 5.86. The quantitative estimate of drug-likeness (QED) is 0.437. The van der Waals surface area contributed by atoms with Gasteiger partial charge >= 0.3 is 0 Å². The van der Waals surface area contributed by atoms with Crippen LogP contribution in [0.3, 0.4) is 0 Å². The lowest BCUT2D eigenvalue weighted by Crippen LogP contribution is -2.48. The van der Waals surface area contributed by atoms with E-state index in [1.165, 1.54) is 19.3 Å². The van der Waals surface area contributed by atoms with Gasteiger partial charge in [-0.05, 0) is 19.3 Å². The molecule has 0 spiro atoms. The largest absolute Gasteiger partial charge is 0.358 e. The zero-order valence-corrected chi connectivity index (χ0v) is 9.50. The third-order valence-electron chi connectivity index (χ3n) is 3.14. The van der Waals surface area contributed by atoms with E-state index in [-0.39, 0.29) is 6.04 Å². The van der Waals surface area contributed by atoms with Gasteiger partial charge in [0, 0.05) is 13.1 Å². The summed E-state index contributed by atoms with van der Waals surface area (Å²) in [7, 11) is 0. The van der Waals surface area contributed by atoms with E-state index in [0.29, 0.717) is 11.8 Å². The number of guanidine groups is 1. The van der Waals surface area contributed by atoms with E-state index in [1.54, 1.807) is 6.34 Å². The molecule has 0 aromatic heterocycles. The van der Waals surface area contributed by atoms with Crippen molar-refractivity contribution in [1.29, 1.82) is 0 Å². The van der Waals surface area contributed by atoms with Crippen LogP contribution < -0.4 is 11.3 Å². The van der Waals surface area contributed by atoms with Crippen LogP contribution in [0.2, 0.25) is 0 Å². The molecule has 7 nitrogen and oxygen atoms in total. The second kappa shape index (κ2) is 4.25. The first-order chi connectivity index (χ1) is 8.38.